The van der Waals surface area contributed by atoms with Crippen LogP contribution in [0.2, 0.25) is 0 Å². The van der Waals surface area contributed by atoms with Gasteiger partial charge in [0.15, 0.2) is 0 Å². The van der Waals surface area contributed by atoms with Gasteiger partial charge in [0.2, 0.25) is 0 Å². The van der Waals surface area contributed by atoms with Crippen molar-refractivity contribution in [1.29, 1.82) is 0 Å². The van der Waals surface area contributed by atoms with Crippen LogP contribution in [0.3, 0.4) is 0 Å². The largest absolute Gasteiger partial charge is 0.477 e. The van der Waals surface area contributed by atoms with Crippen molar-refractivity contribution in [3.63, 3.8) is 0 Å². The molecule has 0 aliphatic rings. The smallest absolute Gasteiger partial charge is 0.416 e. The molecule has 7 heteroatoms. The van der Waals surface area contributed by atoms with Crippen molar-refractivity contribution >= 4 is 29.1 Å². The van der Waals surface area contributed by atoms with Crippen LogP contribution in [0.5, 0.6) is 0 Å². The van der Waals surface area contributed by atoms with Gasteiger partial charge in [0, 0.05) is 16.0 Å². The van der Waals surface area contributed by atoms with Gasteiger partial charge in [0.1, 0.15) is 4.88 Å². The quantitative estimate of drug-likeness (QED) is 0.826. The average molecular weight is 318 g/mol. The summed E-state index contributed by atoms with van der Waals surface area (Å²) in [5.74, 6) is -0.886. The van der Waals surface area contributed by atoms with Crippen molar-refractivity contribution in [2.75, 3.05) is 0 Å². The molecule has 0 spiro atoms. The van der Waals surface area contributed by atoms with Gasteiger partial charge < -0.3 is 5.11 Å². The number of hydrogen-bond donors (Lipinski definition) is 1. The summed E-state index contributed by atoms with van der Waals surface area (Å²) in [6.07, 6.45) is -4.38. The number of halogens is 3. The zero-order valence-electron chi connectivity index (χ0n) is 9.98. The van der Waals surface area contributed by atoms with Crippen LogP contribution in [0, 0.1) is 0 Å². The minimum atomic E-state index is -4.38. The van der Waals surface area contributed by atoms with E-state index in [1.807, 2.05) is 0 Å². The second-order valence-electron chi connectivity index (χ2n) is 3.90. The highest BCUT2D eigenvalue weighted by molar-refractivity contribution is 7.98. The summed E-state index contributed by atoms with van der Waals surface area (Å²) >= 11 is 2.25. The van der Waals surface area contributed by atoms with E-state index in [1.165, 1.54) is 30.0 Å². The predicted octanol–water partition coefficient (Wildman–Crippen LogP) is 4.76. The Morgan fingerprint density at radius 2 is 2.00 bits per heavy atom. The fourth-order valence-corrected chi connectivity index (χ4v) is 3.46. The molecule has 0 atom stereocenters. The molecule has 1 aromatic heterocycles. The number of alkyl halides is 3. The lowest BCUT2D eigenvalue weighted by molar-refractivity contribution is -0.138. The number of aromatic carboxylic acids is 1. The lowest BCUT2D eigenvalue weighted by Crippen LogP contribution is -2.08. The first-order chi connectivity index (χ1) is 9.38. The predicted molar refractivity (Wildman–Crippen MR) is 72.3 cm³/mol. The van der Waals surface area contributed by atoms with E-state index >= 15 is 0 Å². The fraction of sp³-hybridized carbons (Fsp3) is 0.154. The van der Waals surface area contributed by atoms with Gasteiger partial charge in [-0.15, -0.1) is 23.1 Å². The Balaban J connectivity index is 2.13. The maximum absolute atomic E-state index is 12.8. The van der Waals surface area contributed by atoms with E-state index in [4.69, 9.17) is 5.11 Å². The molecule has 0 unspecified atom stereocenters. The number of carboxylic acids is 1. The first-order valence-corrected chi connectivity index (χ1v) is 7.34. The second-order valence-corrected chi connectivity index (χ2v) is 5.86. The third kappa shape index (κ3) is 3.55. The Labute approximate surface area is 121 Å². The van der Waals surface area contributed by atoms with Crippen LogP contribution in [0.15, 0.2) is 40.6 Å². The van der Waals surface area contributed by atoms with Crippen LogP contribution in [-0.2, 0) is 11.9 Å². The SMILES string of the molecule is O=C(O)c1cc(SCc2ccccc2C(F)(F)F)cs1. The molecule has 0 aliphatic carbocycles. The Kier molecular flexibility index (Phi) is 4.39. The van der Waals surface area contributed by atoms with E-state index < -0.39 is 17.7 Å². The molecule has 0 saturated carbocycles. The first kappa shape index (κ1) is 14.9. The molecule has 0 bridgehead atoms. The minimum absolute atomic E-state index is 0.144. The van der Waals surface area contributed by atoms with E-state index in [2.05, 4.69) is 0 Å². The van der Waals surface area contributed by atoms with Gasteiger partial charge in [-0.2, -0.15) is 13.2 Å². The molecule has 1 aromatic carbocycles. The van der Waals surface area contributed by atoms with Crippen LogP contribution in [0.4, 0.5) is 13.2 Å². The van der Waals surface area contributed by atoms with Crippen molar-refractivity contribution in [2.45, 2.75) is 16.8 Å². The molecule has 0 aliphatic heterocycles. The number of thiophene rings is 1. The summed E-state index contributed by atoms with van der Waals surface area (Å²) in [4.78, 5) is 11.6. The van der Waals surface area contributed by atoms with Gasteiger partial charge >= 0.3 is 12.1 Å². The van der Waals surface area contributed by atoms with Gasteiger partial charge in [-0.25, -0.2) is 4.79 Å². The molecule has 0 saturated heterocycles. The molecular formula is C13H9F3O2S2. The average Bonchev–Trinajstić information content (AvgIpc) is 2.84. The number of carbonyl (C=O) groups is 1. The molecule has 1 N–H and O–H groups in total. The van der Waals surface area contributed by atoms with Crippen LogP contribution < -0.4 is 0 Å². The van der Waals surface area contributed by atoms with Gasteiger partial charge in [-0.3, -0.25) is 0 Å². The lowest BCUT2D eigenvalue weighted by Gasteiger charge is -2.11. The van der Waals surface area contributed by atoms with Gasteiger partial charge in [0.25, 0.3) is 0 Å². The molecule has 0 fully saturated rings. The highest BCUT2D eigenvalue weighted by Crippen LogP contribution is 2.35. The van der Waals surface area contributed by atoms with Crippen molar-refractivity contribution in [3.8, 4) is 0 Å². The molecule has 1 heterocycles. The molecule has 20 heavy (non-hydrogen) atoms. The van der Waals surface area contributed by atoms with Crippen molar-refractivity contribution in [3.05, 3.63) is 51.7 Å². The zero-order chi connectivity index (χ0) is 14.8. The van der Waals surface area contributed by atoms with Crippen molar-refractivity contribution < 1.29 is 23.1 Å². The van der Waals surface area contributed by atoms with E-state index in [1.54, 1.807) is 11.4 Å². The maximum atomic E-state index is 12.8. The maximum Gasteiger partial charge on any atom is 0.416 e. The molecule has 2 rings (SSSR count). The Morgan fingerprint density at radius 1 is 1.30 bits per heavy atom. The monoisotopic (exact) mass is 318 g/mol. The van der Waals surface area contributed by atoms with Gasteiger partial charge in [0.05, 0.1) is 5.56 Å². The summed E-state index contributed by atoms with van der Waals surface area (Å²) in [6, 6.07) is 6.85. The molecule has 2 aromatic rings. The summed E-state index contributed by atoms with van der Waals surface area (Å²) in [6.45, 7) is 0. The fourth-order valence-electron chi connectivity index (χ4n) is 1.59. The Bertz CT molecular complexity index is 620. The summed E-state index contributed by atoms with van der Waals surface area (Å²) < 4.78 is 38.4. The van der Waals surface area contributed by atoms with Crippen LogP contribution in [0.25, 0.3) is 0 Å². The van der Waals surface area contributed by atoms with Crippen molar-refractivity contribution in [2.24, 2.45) is 0 Å². The number of rotatable bonds is 4. The Morgan fingerprint density at radius 3 is 2.60 bits per heavy atom. The normalized spacial score (nSPS) is 11.6. The molecule has 106 valence electrons. The highest BCUT2D eigenvalue weighted by Gasteiger charge is 2.32. The summed E-state index contributed by atoms with van der Waals surface area (Å²) in [5.41, 5.74) is -0.464. The van der Waals surface area contributed by atoms with Crippen LogP contribution >= 0.6 is 23.1 Å². The van der Waals surface area contributed by atoms with E-state index in [0.717, 1.165) is 17.4 Å². The van der Waals surface area contributed by atoms with Crippen LogP contribution in [0.1, 0.15) is 20.8 Å². The van der Waals surface area contributed by atoms with E-state index in [-0.39, 0.29) is 16.2 Å². The first-order valence-electron chi connectivity index (χ1n) is 5.47. The minimum Gasteiger partial charge on any atom is -0.477 e. The second kappa shape index (κ2) is 5.88. The van der Waals surface area contributed by atoms with Crippen molar-refractivity contribution in [1.82, 2.24) is 0 Å². The number of thioether (sulfide) groups is 1. The summed E-state index contributed by atoms with van der Waals surface area (Å²) in [5, 5.41) is 10.4. The Hall–Kier alpha value is -1.47. The third-order valence-corrected chi connectivity index (χ3v) is 4.60. The van der Waals surface area contributed by atoms with Crippen LogP contribution in [-0.4, -0.2) is 11.1 Å². The molecule has 0 radical (unpaired) electrons. The zero-order valence-corrected chi connectivity index (χ0v) is 11.6. The molecule has 0 amide bonds. The number of hydrogen-bond acceptors (Lipinski definition) is 3. The molecule has 2 nitrogen and oxygen atoms in total. The number of carboxylic acid groups (broad SMARTS) is 1. The topological polar surface area (TPSA) is 37.3 Å². The van der Waals surface area contributed by atoms with Gasteiger partial charge in [-0.05, 0) is 17.7 Å². The highest BCUT2D eigenvalue weighted by atomic mass is 32.2. The van der Waals surface area contributed by atoms with E-state index in [0.29, 0.717) is 4.90 Å². The lowest BCUT2D eigenvalue weighted by atomic mass is 10.1. The molecular weight excluding hydrogens is 309 g/mol. The van der Waals surface area contributed by atoms with E-state index in [9.17, 15) is 18.0 Å². The number of benzene rings is 1. The third-order valence-electron chi connectivity index (χ3n) is 2.50. The summed E-state index contributed by atoms with van der Waals surface area (Å²) in [7, 11) is 0. The standard InChI is InChI=1S/C13H9F3O2S2/c14-13(15,16)10-4-2-1-3-8(10)6-19-9-5-11(12(17)18)20-7-9/h1-5,7H,6H2,(H,17,18). The van der Waals surface area contributed by atoms with Gasteiger partial charge in [-0.1, -0.05) is 18.2 Å².